The van der Waals surface area contributed by atoms with Crippen LogP contribution in [0.1, 0.15) is 32.6 Å². The van der Waals surface area contributed by atoms with Gasteiger partial charge in [0, 0.05) is 32.7 Å². The van der Waals surface area contributed by atoms with Gasteiger partial charge in [0.25, 0.3) is 0 Å². The molecule has 1 saturated carbocycles. The number of nitrogens with zero attached hydrogens (tertiary/aromatic N) is 1. The summed E-state index contributed by atoms with van der Waals surface area (Å²) in [7, 11) is 0. The van der Waals surface area contributed by atoms with Crippen LogP contribution >= 0.6 is 0 Å². The molecule has 0 spiro atoms. The molecule has 0 aromatic rings. The summed E-state index contributed by atoms with van der Waals surface area (Å²) in [5, 5.41) is 7.09. The first-order valence-corrected chi connectivity index (χ1v) is 7.48. The quantitative estimate of drug-likeness (QED) is 0.732. The lowest BCUT2D eigenvalue weighted by atomic mass is 10.1. The Labute approximate surface area is 106 Å². The number of rotatable bonds is 6. The fourth-order valence-electron chi connectivity index (χ4n) is 3.15. The van der Waals surface area contributed by atoms with Crippen molar-refractivity contribution in [3.63, 3.8) is 0 Å². The van der Waals surface area contributed by atoms with Crippen molar-refractivity contribution in [1.82, 2.24) is 15.5 Å². The Morgan fingerprint density at radius 3 is 2.65 bits per heavy atom. The second-order valence-electron chi connectivity index (χ2n) is 5.96. The van der Waals surface area contributed by atoms with Crippen LogP contribution in [0.15, 0.2) is 0 Å². The minimum Gasteiger partial charge on any atom is -0.316 e. The van der Waals surface area contributed by atoms with Gasteiger partial charge < -0.3 is 15.5 Å². The molecule has 1 unspecified atom stereocenters. The maximum Gasteiger partial charge on any atom is 0.0107 e. The van der Waals surface area contributed by atoms with Crippen molar-refractivity contribution in [2.45, 2.75) is 32.6 Å². The fourth-order valence-corrected chi connectivity index (χ4v) is 3.15. The van der Waals surface area contributed by atoms with Gasteiger partial charge in [-0.05, 0) is 37.8 Å². The van der Waals surface area contributed by atoms with Crippen molar-refractivity contribution >= 4 is 0 Å². The van der Waals surface area contributed by atoms with Crippen LogP contribution in [0.3, 0.4) is 0 Å². The summed E-state index contributed by atoms with van der Waals surface area (Å²) in [4.78, 5) is 2.60. The van der Waals surface area contributed by atoms with Crippen LogP contribution in [0.2, 0.25) is 0 Å². The molecule has 1 heterocycles. The van der Waals surface area contributed by atoms with Gasteiger partial charge in [-0.3, -0.25) is 0 Å². The smallest absolute Gasteiger partial charge is 0.0107 e. The molecule has 2 N–H and O–H groups in total. The van der Waals surface area contributed by atoms with E-state index in [1.165, 1.54) is 71.5 Å². The van der Waals surface area contributed by atoms with Gasteiger partial charge >= 0.3 is 0 Å². The predicted molar refractivity (Wildman–Crippen MR) is 73.3 cm³/mol. The third-order valence-corrected chi connectivity index (χ3v) is 4.18. The molecule has 100 valence electrons. The van der Waals surface area contributed by atoms with E-state index in [9.17, 15) is 0 Å². The van der Waals surface area contributed by atoms with Gasteiger partial charge in [0.05, 0.1) is 0 Å². The zero-order chi connectivity index (χ0) is 11.9. The summed E-state index contributed by atoms with van der Waals surface area (Å²) in [5.41, 5.74) is 0. The van der Waals surface area contributed by atoms with Gasteiger partial charge in [0.15, 0.2) is 0 Å². The zero-order valence-electron chi connectivity index (χ0n) is 11.4. The molecule has 2 aliphatic rings. The summed E-state index contributed by atoms with van der Waals surface area (Å²) in [5.74, 6) is 1.76. The lowest BCUT2D eigenvalue weighted by Gasteiger charge is -2.29. The van der Waals surface area contributed by atoms with Crippen LogP contribution in [0.25, 0.3) is 0 Å². The first-order chi connectivity index (χ1) is 8.34. The highest BCUT2D eigenvalue weighted by Gasteiger charge is 2.16. The van der Waals surface area contributed by atoms with Crippen LogP contribution < -0.4 is 10.6 Å². The Balaban J connectivity index is 1.52. The Kier molecular flexibility index (Phi) is 5.75. The van der Waals surface area contributed by atoms with Crippen LogP contribution in [0.4, 0.5) is 0 Å². The highest BCUT2D eigenvalue weighted by atomic mass is 15.2. The van der Waals surface area contributed by atoms with Crippen LogP contribution in [-0.2, 0) is 0 Å². The fraction of sp³-hybridized carbons (Fsp3) is 1.00. The molecule has 1 aliphatic carbocycles. The van der Waals surface area contributed by atoms with Gasteiger partial charge in [-0.1, -0.05) is 19.8 Å². The molecular weight excluding hydrogens is 210 g/mol. The molecule has 1 saturated heterocycles. The highest BCUT2D eigenvalue weighted by molar-refractivity contribution is 4.73. The van der Waals surface area contributed by atoms with E-state index in [1.807, 2.05) is 0 Å². The average molecular weight is 239 g/mol. The largest absolute Gasteiger partial charge is 0.316 e. The molecule has 2 fully saturated rings. The van der Waals surface area contributed by atoms with E-state index in [4.69, 9.17) is 0 Å². The Morgan fingerprint density at radius 1 is 1.24 bits per heavy atom. The van der Waals surface area contributed by atoms with Crippen molar-refractivity contribution in [3.05, 3.63) is 0 Å². The summed E-state index contributed by atoms with van der Waals surface area (Å²) in [6.45, 7) is 10.9. The van der Waals surface area contributed by atoms with Crippen LogP contribution in [-0.4, -0.2) is 50.7 Å². The Bertz CT molecular complexity index is 196. The van der Waals surface area contributed by atoms with Crippen molar-refractivity contribution < 1.29 is 0 Å². The summed E-state index contributed by atoms with van der Waals surface area (Å²) in [6.07, 6.45) is 5.84. The van der Waals surface area contributed by atoms with Crippen LogP contribution in [0, 0.1) is 11.8 Å². The van der Waals surface area contributed by atoms with E-state index in [2.05, 4.69) is 22.5 Å². The summed E-state index contributed by atoms with van der Waals surface area (Å²) < 4.78 is 0. The van der Waals surface area contributed by atoms with E-state index < -0.39 is 0 Å². The first kappa shape index (κ1) is 13.3. The van der Waals surface area contributed by atoms with E-state index in [1.54, 1.807) is 0 Å². The zero-order valence-corrected chi connectivity index (χ0v) is 11.4. The molecular formula is C14H29N3. The molecule has 0 aromatic carbocycles. The van der Waals surface area contributed by atoms with Gasteiger partial charge in [-0.15, -0.1) is 0 Å². The summed E-state index contributed by atoms with van der Waals surface area (Å²) >= 11 is 0. The number of piperazine rings is 1. The third-order valence-electron chi connectivity index (χ3n) is 4.18. The summed E-state index contributed by atoms with van der Waals surface area (Å²) in [6, 6.07) is 0. The SMILES string of the molecule is CC(CNCC1CCCC1)CN1CCNCC1. The Morgan fingerprint density at radius 2 is 1.94 bits per heavy atom. The van der Waals surface area contributed by atoms with Gasteiger partial charge in [-0.2, -0.15) is 0 Å². The topological polar surface area (TPSA) is 27.3 Å². The molecule has 1 aliphatic heterocycles. The standard InChI is InChI=1S/C14H29N3/c1-13(12-17-8-6-15-7-9-17)10-16-11-14-4-2-3-5-14/h13-16H,2-12H2,1H3. The third kappa shape index (κ3) is 4.94. The highest BCUT2D eigenvalue weighted by Crippen LogP contribution is 2.23. The minimum atomic E-state index is 0.787. The molecule has 3 heteroatoms. The molecule has 3 nitrogen and oxygen atoms in total. The van der Waals surface area contributed by atoms with Crippen LogP contribution in [0.5, 0.6) is 0 Å². The Hall–Kier alpha value is -0.120. The number of hydrogen-bond acceptors (Lipinski definition) is 3. The van der Waals surface area contributed by atoms with Crippen molar-refractivity contribution in [3.8, 4) is 0 Å². The average Bonchev–Trinajstić information content (AvgIpc) is 2.83. The second-order valence-corrected chi connectivity index (χ2v) is 5.96. The van der Waals surface area contributed by atoms with Crippen molar-refractivity contribution in [1.29, 1.82) is 0 Å². The maximum atomic E-state index is 3.67. The van der Waals surface area contributed by atoms with Crippen molar-refractivity contribution in [2.24, 2.45) is 11.8 Å². The van der Waals surface area contributed by atoms with Crippen molar-refractivity contribution in [2.75, 3.05) is 45.8 Å². The minimum absolute atomic E-state index is 0.787. The molecule has 0 amide bonds. The molecule has 1 atom stereocenters. The van der Waals surface area contributed by atoms with E-state index in [0.29, 0.717) is 0 Å². The molecule has 0 bridgehead atoms. The second kappa shape index (κ2) is 7.34. The lowest BCUT2D eigenvalue weighted by Crippen LogP contribution is -2.46. The predicted octanol–water partition coefficient (Wildman–Crippen LogP) is 1.31. The molecule has 2 rings (SSSR count). The maximum absolute atomic E-state index is 3.67. The molecule has 17 heavy (non-hydrogen) atoms. The van der Waals surface area contributed by atoms with E-state index in [-0.39, 0.29) is 0 Å². The van der Waals surface area contributed by atoms with Gasteiger partial charge in [0.1, 0.15) is 0 Å². The first-order valence-electron chi connectivity index (χ1n) is 7.48. The van der Waals surface area contributed by atoms with E-state index in [0.717, 1.165) is 11.8 Å². The normalized spacial score (nSPS) is 25.2. The monoisotopic (exact) mass is 239 g/mol. The molecule has 0 radical (unpaired) electrons. The van der Waals surface area contributed by atoms with Gasteiger partial charge in [-0.25, -0.2) is 0 Å². The lowest BCUT2D eigenvalue weighted by molar-refractivity contribution is 0.208. The number of hydrogen-bond donors (Lipinski definition) is 2. The molecule has 0 aromatic heterocycles. The van der Waals surface area contributed by atoms with Gasteiger partial charge in [0.2, 0.25) is 0 Å². The van der Waals surface area contributed by atoms with E-state index >= 15 is 0 Å². The number of nitrogens with one attached hydrogen (secondary N) is 2.